The lowest BCUT2D eigenvalue weighted by molar-refractivity contribution is -0.298. The van der Waals surface area contributed by atoms with E-state index in [9.17, 15) is 43.3 Å². The Morgan fingerprint density at radius 3 is 1.63 bits per heavy atom. The molecule has 1 rings (SSSR count). The van der Waals surface area contributed by atoms with Gasteiger partial charge in [0.2, 0.25) is 5.91 Å². The smallest absolute Gasteiger partial charge is 0.394 e. The van der Waals surface area contributed by atoms with Crippen molar-refractivity contribution in [2.45, 2.75) is 223 Å². The number of aliphatic hydroxyl groups excluding tert-OH is 5. The molecule has 60 heavy (non-hydrogen) atoms. The molecular formula is C46H83NO12S. The molecule has 0 saturated carbocycles. The van der Waals surface area contributed by atoms with Crippen molar-refractivity contribution >= 4 is 16.3 Å². The van der Waals surface area contributed by atoms with Crippen LogP contribution in [0, 0.1) is 0 Å². The number of carbonyl (C=O) groups is 1. The van der Waals surface area contributed by atoms with Crippen molar-refractivity contribution in [1.82, 2.24) is 5.32 Å². The first kappa shape index (κ1) is 56.0. The normalized spacial score (nSPS) is 21.8. The number of unbranched alkanes of at least 4 members (excludes halogenated alkanes) is 19. The molecule has 7 N–H and O–H groups in total. The van der Waals surface area contributed by atoms with E-state index >= 15 is 0 Å². The number of nitrogens with one attached hydrogen (secondary N) is 1. The molecule has 0 spiro atoms. The summed E-state index contributed by atoms with van der Waals surface area (Å²) in [6.45, 7) is 3.14. The Labute approximate surface area is 362 Å². The van der Waals surface area contributed by atoms with E-state index in [0.29, 0.717) is 12.8 Å². The van der Waals surface area contributed by atoms with Crippen LogP contribution in [0.1, 0.15) is 174 Å². The van der Waals surface area contributed by atoms with Gasteiger partial charge in [-0.3, -0.25) is 9.35 Å². The summed E-state index contributed by atoms with van der Waals surface area (Å²) >= 11 is 0. The second-order valence-electron chi connectivity index (χ2n) is 16.1. The SMILES string of the molecule is CCCCC/C=C\CCCCCCC(O)C(=O)NC(COC1OC(CO)C(O)C(OS(=O)(=O)O)C1O)C(O)/C=C/CC/C=C/CC/C=C/CCCCCCCCCCCC. The highest BCUT2D eigenvalue weighted by molar-refractivity contribution is 7.80. The summed E-state index contributed by atoms with van der Waals surface area (Å²) in [5.74, 6) is -0.729. The fourth-order valence-corrected chi connectivity index (χ4v) is 7.46. The van der Waals surface area contributed by atoms with Gasteiger partial charge in [-0.2, -0.15) is 8.42 Å². The van der Waals surface area contributed by atoms with Crippen molar-refractivity contribution in [2.75, 3.05) is 13.2 Å². The molecule has 1 saturated heterocycles. The summed E-state index contributed by atoms with van der Waals surface area (Å²) in [5, 5.41) is 55.1. The number of allylic oxidation sites excluding steroid dienone is 7. The fraction of sp³-hybridized carbons (Fsp3) is 0.804. The molecule has 0 aromatic carbocycles. The van der Waals surface area contributed by atoms with Gasteiger partial charge in [0, 0.05) is 0 Å². The minimum absolute atomic E-state index is 0.217. The molecule has 0 aromatic heterocycles. The van der Waals surface area contributed by atoms with Gasteiger partial charge >= 0.3 is 10.4 Å². The van der Waals surface area contributed by atoms with E-state index in [-0.39, 0.29) is 6.42 Å². The number of rotatable bonds is 38. The van der Waals surface area contributed by atoms with Gasteiger partial charge in [-0.15, -0.1) is 0 Å². The van der Waals surface area contributed by atoms with Gasteiger partial charge in [0.05, 0.1) is 25.4 Å². The van der Waals surface area contributed by atoms with Crippen LogP contribution in [0.15, 0.2) is 48.6 Å². The number of ether oxygens (including phenoxy) is 2. The lowest BCUT2D eigenvalue weighted by Gasteiger charge is -2.41. The van der Waals surface area contributed by atoms with Crippen LogP contribution < -0.4 is 5.32 Å². The molecule has 0 radical (unpaired) electrons. The van der Waals surface area contributed by atoms with E-state index < -0.39 is 78.5 Å². The van der Waals surface area contributed by atoms with Crippen LogP contribution in [0.4, 0.5) is 0 Å². The van der Waals surface area contributed by atoms with Gasteiger partial charge in [0.25, 0.3) is 0 Å². The highest BCUT2D eigenvalue weighted by Gasteiger charge is 2.48. The Morgan fingerprint density at radius 1 is 0.667 bits per heavy atom. The van der Waals surface area contributed by atoms with Gasteiger partial charge in [0.15, 0.2) is 6.29 Å². The lowest BCUT2D eigenvalue weighted by atomic mass is 9.99. The molecule has 1 heterocycles. The Morgan fingerprint density at radius 2 is 1.12 bits per heavy atom. The molecule has 0 aromatic rings. The molecule has 350 valence electrons. The van der Waals surface area contributed by atoms with Crippen molar-refractivity contribution in [3.63, 3.8) is 0 Å². The van der Waals surface area contributed by atoms with E-state index in [2.05, 4.69) is 59.8 Å². The maximum atomic E-state index is 13.1. The Hall–Kier alpha value is -1.98. The van der Waals surface area contributed by atoms with Crippen LogP contribution >= 0.6 is 0 Å². The largest absolute Gasteiger partial charge is 0.397 e. The van der Waals surface area contributed by atoms with Gasteiger partial charge in [-0.1, -0.05) is 152 Å². The summed E-state index contributed by atoms with van der Waals surface area (Å²) in [6.07, 6.45) is 32.1. The quantitative estimate of drug-likeness (QED) is 0.0180. The summed E-state index contributed by atoms with van der Waals surface area (Å²) in [7, 11) is -5.12. The molecule has 14 heteroatoms. The van der Waals surface area contributed by atoms with Crippen LogP contribution in [0.3, 0.4) is 0 Å². The topological polar surface area (TPSA) is 212 Å². The second kappa shape index (κ2) is 36.5. The predicted octanol–water partition coefficient (Wildman–Crippen LogP) is 7.85. The summed E-state index contributed by atoms with van der Waals surface area (Å²) < 4.78 is 47.4. The molecule has 0 bridgehead atoms. The highest BCUT2D eigenvalue weighted by atomic mass is 32.3. The first-order chi connectivity index (χ1) is 28.9. The summed E-state index contributed by atoms with van der Waals surface area (Å²) in [4.78, 5) is 13.1. The summed E-state index contributed by atoms with van der Waals surface area (Å²) in [5.41, 5.74) is 0. The summed E-state index contributed by atoms with van der Waals surface area (Å²) in [6, 6.07) is -1.15. The lowest BCUT2D eigenvalue weighted by Crippen LogP contribution is -2.61. The van der Waals surface area contributed by atoms with Crippen molar-refractivity contribution in [1.29, 1.82) is 0 Å². The third kappa shape index (κ3) is 28.6. The van der Waals surface area contributed by atoms with Gasteiger partial charge in [-0.05, 0) is 70.6 Å². The number of amides is 1. The van der Waals surface area contributed by atoms with Crippen molar-refractivity contribution in [3.05, 3.63) is 48.6 Å². The number of hydrogen-bond donors (Lipinski definition) is 7. The molecule has 13 nitrogen and oxygen atoms in total. The van der Waals surface area contributed by atoms with Gasteiger partial charge < -0.3 is 40.3 Å². The standard InChI is InChI=1S/C46H83NO12S/c1-3-5-7-9-11-13-15-16-17-18-19-20-21-22-23-25-26-28-30-32-34-39(49)38(37-57-46-43(52)44(59-60(54,55)56)42(51)41(36-48)58-46)47-45(53)40(50)35-33-31-29-27-24-14-12-10-8-6-4-2/h12,14,20-21,25-26,32,34,38-44,46,48-52H,3-11,13,15-19,22-24,27-31,33,35-37H2,1-2H3,(H,47,53)(H,54,55,56)/b14-12-,21-20+,26-25+,34-32+. The van der Waals surface area contributed by atoms with E-state index in [1.165, 1.54) is 89.5 Å². The highest BCUT2D eigenvalue weighted by Crippen LogP contribution is 2.26. The Kier molecular flexibility index (Phi) is 34.1. The number of aliphatic hydroxyl groups is 5. The first-order valence-corrected chi connectivity index (χ1v) is 24.5. The molecule has 1 aliphatic heterocycles. The van der Waals surface area contributed by atoms with Crippen LogP contribution in [0.2, 0.25) is 0 Å². The Bertz CT molecular complexity index is 1280. The predicted molar refractivity (Wildman–Crippen MR) is 237 cm³/mol. The van der Waals surface area contributed by atoms with Crippen molar-refractivity contribution in [3.8, 4) is 0 Å². The molecule has 1 amide bonds. The molecule has 8 unspecified atom stereocenters. The maximum absolute atomic E-state index is 13.1. The molecule has 1 aliphatic rings. The molecular weight excluding hydrogens is 791 g/mol. The minimum Gasteiger partial charge on any atom is -0.394 e. The monoisotopic (exact) mass is 874 g/mol. The van der Waals surface area contributed by atoms with Crippen LogP contribution in [-0.2, 0) is 28.9 Å². The second-order valence-corrected chi connectivity index (χ2v) is 17.2. The Balaban J connectivity index is 2.63. The third-order valence-corrected chi connectivity index (χ3v) is 11.1. The van der Waals surface area contributed by atoms with E-state index in [1.807, 2.05) is 0 Å². The molecule has 0 aliphatic carbocycles. The average Bonchev–Trinajstić information content (AvgIpc) is 3.22. The number of hydrogen-bond acceptors (Lipinski definition) is 11. The minimum atomic E-state index is -5.12. The van der Waals surface area contributed by atoms with Crippen molar-refractivity contribution < 1.29 is 57.0 Å². The molecule has 8 atom stereocenters. The zero-order chi connectivity index (χ0) is 44.3. The van der Waals surface area contributed by atoms with Gasteiger partial charge in [-0.25, -0.2) is 4.18 Å². The number of carbonyl (C=O) groups excluding carboxylic acids is 1. The van der Waals surface area contributed by atoms with E-state index in [4.69, 9.17) is 9.47 Å². The average molecular weight is 874 g/mol. The maximum Gasteiger partial charge on any atom is 0.397 e. The first-order valence-electron chi connectivity index (χ1n) is 23.1. The zero-order valence-electron chi connectivity index (χ0n) is 36.9. The van der Waals surface area contributed by atoms with Crippen LogP contribution in [0.25, 0.3) is 0 Å². The van der Waals surface area contributed by atoms with Crippen LogP contribution in [0.5, 0.6) is 0 Å². The van der Waals surface area contributed by atoms with Crippen LogP contribution in [-0.4, -0.2) is 107 Å². The van der Waals surface area contributed by atoms with E-state index in [0.717, 1.165) is 57.8 Å². The van der Waals surface area contributed by atoms with E-state index in [1.54, 1.807) is 6.08 Å². The third-order valence-electron chi connectivity index (χ3n) is 10.7. The van der Waals surface area contributed by atoms with Gasteiger partial charge in [0.1, 0.15) is 30.5 Å². The molecule has 1 fully saturated rings. The van der Waals surface area contributed by atoms with Crippen molar-refractivity contribution in [2.24, 2.45) is 0 Å². The zero-order valence-corrected chi connectivity index (χ0v) is 37.7. The fourth-order valence-electron chi connectivity index (χ4n) is 6.96.